The van der Waals surface area contributed by atoms with Crippen LogP contribution in [0.2, 0.25) is 0 Å². The lowest BCUT2D eigenvalue weighted by Gasteiger charge is -2.19. The summed E-state index contributed by atoms with van der Waals surface area (Å²) >= 11 is 2.86. The molecule has 0 saturated heterocycles. The molecule has 3 heterocycles. The molecule has 3 aromatic heterocycles. The third-order valence-electron chi connectivity index (χ3n) is 5.98. The number of aromatic nitrogens is 3. The van der Waals surface area contributed by atoms with E-state index in [2.05, 4.69) is 53.5 Å². The highest BCUT2D eigenvalue weighted by molar-refractivity contribution is 7.17. The van der Waals surface area contributed by atoms with Crippen LogP contribution >= 0.6 is 22.7 Å². The van der Waals surface area contributed by atoms with Crippen LogP contribution < -0.4 is 10.9 Å². The van der Waals surface area contributed by atoms with E-state index in [1.165, 1.54) is 21.6 Å². The van der Waals surface area contributed by atoms with Crippen LogP contribution in [0.25, 0.3) is 10.6 Å². The minimum Gasteiger partial charge on any atom is -0.340 e. The fourth-order valence-corrected chi connectivity index (χ4v) is 5.72. The van der Waals surface area contributed by atoms with Crippen LogP contribution in [0.3, 0.4) is 0 Å². The van der Waals surface area contributed by atoms with Crippen molar-refractivity contribution < 1.29 is 4.79 Å². The van der Waals surface area contributed by atoms with Crippen molar-refractivity contribution in [3.63, 3.8) is 0 Å². The number of carbonyl (C=O) groups is 1. The Morgan fingerprint density at radius 1 is 1.03 bits per heavy atom. The van der Waals surface area contributed by atoms with Gasteiger partial charge in [0.05, 0.1) is 23.0 Å². The van der Waals surface area contributed by atoms with Gasteiger partial charge in [-0.25, -0.2) is 9.67 Å². The molecule has 1 aromatic carbocycles. The van der Waals surface area contributed by atoms with Crippen molar-refractivity contribution >= 4 is 28.6 Å². The van der Waals surface area contributed by atoms with E-state index in [1.54, 1.807) is 25.3 Å². The lowest BCUT2D eigenvalue weighted by atomic mass is 9.98. The van der Waals surface area contributed by atoms with Gasteiger partial charge >= 0.3 is 0 Å². The molecule has 4 rings (SSSR count). The van der Waals surface area contributed by atoms with Crippen LogP contribution in [0.15, 0.2) is 46.6 Å². The minimum absolute atomic E-state index is 0.201. The van der Waals surface area contributed by atoms with Crippen LogP contribution in [-0.2, 0) is 7.05 Å². The van der Waals surface area contributed by atoms with Gasteiger partial charge in [-0.2, -0.15) is 5.10 Å². The number of rotatable bonds is 6. The van der Waals surface area contributed by atoms with Crippen molar-refractivity contribution in [3.8, 4) is 10.6 Å². The molecule has 0 bridgehead atoms. The molecule has 0 saturated carbocycles. The number of benzene rings is 1. The van der Waals surface area contributed by atoms with Gasteiger partial charge in [0.2, 0.25) is 0 Å². The summed E-state index contributed by atoms with van der Waals surface area (Å²) in [7, 11) is 1.63. The van der Waals surface area contributed by atoms with E-state index < -0.39 is 0 Å². The minimum atomic E-state index is -0.267. The molecule has 8 heteroatoms. The van der Waals surface area contributed by atoms with E-state index in [0.29, 0.717) is 27.1 Å². The predicted octanol–water partition coefficient (Wildman–Crippen LogP) is 5.53. The van der Waals surface area contributed by atoms with Gasteiger partial charge in [0.25, 0.3) is 11.5 Å². The summed E-state index contributed by atoms with van der Waals surface area (Å²) in [6.45, 7) is 9.86. The van der Waals surface area contributed by atoms with Crippen molar-refractivity contribution in [3.05, 3.63) is 90.0 Å². The Bertz CT molecular complexity index is 1380. The fraction of sp³-hybridized carbons (Fsp3) is 0.308. The van der Waals surface area contributed by atoms with E-state index in [0.717, 1.165) is 21.7 Å². The Morgan fingerprint density at radius 2 is 1.71 bits per heavy atom. The molecule has 0 radical (unpaired) electrons. The largest absolute Gasteiger partial charge is 0.340 e. The highest BCUT2D eigenvalue weighted by Crippen LogP contribution is 2.31. The van der Waals surface area contributed by atoms with Gasteiger partial charge in [-0.3, -0.25) is 9.59 Å². The highest BCUT2D eigenvalue weighted by atomic mass is 32.1. The zero-order valence-corrected chi connectivity index (χ0v) is 21.8. The summed E-state index contributed by atoms with van der Waals surface area (Å²) in [4.78, 5) is 32.4. The van der Waals surface area contributed by atoms with Crippen LogP contribution in [0.1, 0.15) is 68.4 Å². The van der Waals surface area contributed by atoms with Gasteiger partial charge in [0.1, 0.15) is 9.88 Å². The molecule has 1 atom stereocenters. The highest BCUT2D eigenvalue weighted by Gasteiger charge is 2.24. The Hall–Kier alpha value is -3.10. The van der Waals surface area contributed by atoms with Crippen molar-refractivity contribution in [2.45, 2.75) is 46.6 Å². The third-order valence-corrected chi connectivity index (χ3v) is 8.09. The molecular weight excluding hydrogens is 464 g/mol. The van der Waals surface area contributed by atoms with Crippen LogP contribution in [0.5, 0.6) is 0 Å². The number of amides is 1. The average molecular weight is 493 g/mol. The topological polar surface area (TPSA) is 76.9 Å². The first-order chi connectivity index (χ1) is 16.2. The molecule has 0 aliphatic rings. The van der Waals surface area contributed by atoms with Crippen LogP contribution in [-0.4, -0.2) is 20.7 Å². The van der Waals surface area contributed by atoms with Crippen molar-refractivity contribution in [2.24, 2.45) is 7.05 Å². The molecule has 0 spiro atoms. The molecular formula is C26H28N4O2S2. The van der Waals surface area contributed by atoms with Gasteiger partial charge in [0, 0.05) is 11.9 Å². The second-order valence-electron chi connectivity index (χ2n) is 8.69. The summed E-state index contributed by atoms with van der Waals surface area (Å²) in [5, 5.41) is 10.0. The number of carbonyl (C=O) groups excluding carboxylic acids is 1. The second kappa shape index (κ2) is 9.64. The summed E-state index contributed by atoms with van der Waals surface area (Å²) < 4.78 is 1.32. The fourth-order valence-electron chi connectivity index (χ4n) is 3.86. The molecule has 6 nitrogen and oxygen atoms in total. The monoisotopic (exact) mass is 492 g/mol. The van der Waals surface area contributed by atoms with Crippen molar-refractivity contribution in [1.29, 1.82) is 0 Å². The zero-order valence-electron chi connectivity index (χ0n) is 20.2. The Labute approximate surface area is 207 Å². The Kier molecular flexibility index (Phi) is 6.81. The summed E-state index contributed by atoms with van der Waals surface area (Å²) in [6.07, 6.45) is 0. The number of thiazole rings is 1. The van der Waals surface area contributed by atoms with Gasteiger partial charge in [-0.15, -0.1) is 22.7 Å². The number of hydrogen-bond acceptors (Lipinski definition) is 6. The quantitative estimate of drug-likeness (QED) is 0.384. The molecule has 176 valence electrons. The predicted molar refractivity (Wildman–Crippen MR) is 139 cm³/mol. The Balaban J connectivity index is 1.69. The van der Waals surface area contributed by atoms with E-state index in [-0.39, 0.29) is 17.5 Å². The maximum absolute atomic E-state index is 13.4. The smallest absolute Gasteiger partial charge is 0.277 e. The lowest BCUT2D eigenvalue weighted by Crippen LogP contribution is -2.28. The lowest BCUT2D eigenvalue weighted by molar-refractivity contribution is 0.0947. The SMILES string of the molecule is Cc1nc(-c2c(C)c(C)nn(C)c2=O)sc1C(=O)NC(c1ccc(C(C)C)cc1)c1cccs1. The van der Waals surface area contributed by atoms with Gasteiger partial charge < -0.3 is 5.32 Å². The standard InChI is InChI=1S/C26H28N4O2S2/c1-14(2)18-9-11-19(12-10-18)22(20-8-7-13-33-20)28-24(31)23-17(5)27-25(34-23)21-15(3)16(4)29-30(6)26(21)32/h7-14,22H,1-6H3,(H,28,31). The van der Waals surface area contributed by atoms with Crippen molar-refractivity contribution in [1.82, 2.24) is 20.1 Å². The van der Waals surface area contributed by atoms with E-state index >= 15 is 0 Å². The van der Waals surface area contributed by atoms with E-state index in [4.69, 9.17) is 0 Å². The molecule has 4 aromatic rings. The molecule has 1 amide bonds. The molecule has 34 heavy (non-hydrogen) atoms. The first-order valence-electron chi connectivity index (χ1n) is 11.1. The summed E-state index contributed by atoms with van der Waals surface area (Å²) in [5.41, 5.74) is 4.72. The molecule has 1 N–H and O–H groups in total. The van der Waals surface area contributed by atoms with Gasteiger partial charge in [-0.05, 0) is 54.8 Å². The van der Waals surface area contributed by atoms with E-state index in [9.17, 15) is 9.59 Å². The van der Waals surface area contributed by atoms with E-state index in [1.807, 2.05) is 31.4 Å². The molecule has 0 fully saturated rings. The van der Waals surface area contributed by atoms with Gasteiger partial charge in [0.15, 0.2) is 0 Å². The molecule has 0 aliphatic carbocycles. The maximum Gasteiger partial charge on any atom is 0.277 e. The second-order valence-corrected chi connectivity index (χ2v) is 10.7. The first kappa shape index (κ1) is 24.0. The molecule has 1 unspecified atom stereocenters. The maximum atomic E-state index is 13.4. The van der Waals surface area contributed by atoms with Gasteiger partial charge in [-0.1, -0.05) is 44.2 Å². The average Bonchev–Trinajstić information content (AvgIpc) is 3.46. The summed E-state index contributed by atoms with van der Waals surface area (Å²) in [5.74, 6) is 0.239. The zero-order chi connectivity index (χ0) is 24.6. The number of nitrogens with zero attached hydrogens (tertiary/aromatic N) is 3. The first-order valence-corrected chi connectivity index (χ1v) is 12.8. The van der Waals surface area contributed by atoms with Crippen molar-refractivity contribution in [2.75, 3.05) is 0 Å². The van der Waals surface area contributed by atoms with Crippen LogP contribution in [0, 0.1) is 20.8 Å². The molecule has 0 aliphatic heterocycles. The number of aryl methyl sites for hydroxylation is 3. The Morgan fingerprint density at radius 3 is 2.32 bits per heavy atom. The summed E-state index contributed by atoms with van der Waals surface area (Å²) in [6, 6.07) is 12.2. The normalized spacial score (nSPS) is 12.2. The number of hydrogen-bond donors (Lipinski definition) is 1. The number of thiophene rings is 1. The van der Waals surface area contributed by atoms with Crippen LogP contribution in [0.4, 0.5) is 0 Å². The number of nitrogens with one attached hydrogen (secondary N) is 1. The third kappa shape index (κ3) is 4.60.